The van der Waals surface area contributed by atoms with Gasteiger partial charge in [0.05, 0.1) is 13.2 Å². The van der Waals surface area contributed by atoms with Gasteiger partial charge in [-0.15, -0.1) is 0 Å². The summed E-state index contributed by atoms with van der Waals surface area (Å²) in [6, 6.07) is 28.0. The fourth-order valence-electron chi connectivity index (χ4n) is 8.89. The average Bonchev–Trinajstić information content (AvgIpc) is 4.18. The van der Waals surface area contributed by atoms with E-state index in [0.717, 1.165) is 33.4 Å². The van der Waals surface area contributed by atoms with Crippen LogP contribution in [0.3, 0.4) is 0 Å². The molecule has 0 amide bonds. The van der Waals surface area contributed by atoms with Gasteiger partial charge in [-0.1, -0.05) is 118 Å². The van der Waals surface area contributed by atoms with Crippen LogP contribution in [-0.2, 0) is 50.9 Å². The molecule has 18 heteroatoms. The molecule has 70 heavy (non-hydrogen) atoms. The SMILES string of the molecule is C[C@@](N)(CO)CCc1ccc2c(c1)CCc1c-2noc1-c1noc(-c2ccccc2)c1C(F)(F)F.C[C@](N)(CO)CCc1ccc2c(c1)CCc1c-2noc1-c1noc(-c2ccccc2)c1C(F)(F)F. The summed E-state index contributed by atoms with van der Waals surface area (Å²) in [7, 11) is 0. The summed E-state index contributed by atoms with van der Waals surface area (Å²) in [5, 5.41) is 34.6. The molecule has 0 spiro atoms. The van der Waals surface area contributed by atoms with E-state index in [4.69, 9.17) is 29.6 Å². The van der Waals surface area contributed by atoms with Gasteiger partial charge in [0.25, 0.3) is 0 Å². The van der Waals surface area contributed by atoms with Crippen molar-refractivity contribution in [1.82, 2.24) is 20.6 Å². The third-order valence-electron chi connectivity index (χ3n) is 12.9. The molecule has 6 N–H and O–H groups in total. The van der Waals surface area contributed by atoms with Crippen LogP contribution in [0, 0.1) is 0 Å². The summed E-state index contributed by atoms with van der Waals surface area (Å²) in [5.41, 5.74) is 16.7. The van der Waals surface area contributed by atoms with Gasteiger partial charge in [0.2, 0.25) is 0 Å². The van der Waals surface area contributed by atoms with Crippen LogP contribution in [0.4, 0.5) is 26.3 Å². The van der Waals surface area contributed by atoms with Gasteiger partial charge in [-0.2, -0.15) is 26.3 Å². The van der Waals surface area contributed by atoms with E-state index >= 15 is 0 Å². The van der Waals surface area contributed by atoms with Gasteiger partial charge in [0, 0.05) is 44.5 Å². The highest BCUT2D eigenvalue weighted by atomic mass is 19.4. The standard InChI is InChI=1S/2C26H24F3N3O3/c2*1-25(30,14-33)12-11-15-7-9-18-17(13-15)8-10-19-21(18)31-35-24(19)22-20(26(27,28)29)23(34-32-22)16-5-3-2-4-6-16/h2*2-7,9,13,33H,8,10-12,14,30H2,1H3/t2*25-/m10/s1. The normalized spacial score (nSPS) is 14.9. The van der Waals surface area contributed by atoms with Gasteiger partial charge in [-0.25, -0.2) is 0 Å². The second-order valence-corrected chi connectivity index (χ2v) is 18.5. The molecule has 0 bridgehead atoms. The Labute approximate surface area is 397 Å². The van der Waals surface area contributed by atoms with Crippen molar-refractivity contribution in [2.45, 2.75) is 88.6 Å². The number of aliphatic hydroxyl groups is 2. The van der Waals surface area contributed by atoms with Crippen molar-refractivity contribution in [2.75, 3.05) is 13.2 Å². The topological polar surface area (TPSA) is 197 Å². The lowest BCUT2D eigenvalue weighted by Crippen LogP contribution is -2.40. The molecule has 10 rings (SSSR count). The molecule has 0 aliphatic heterocycles. The third kappa shape index (κ3) is 9.68. The monoisotopic (exact) mass is 966 g/mol. The van der Waals surface area contributed by atoms with E-state index in [-0.39, 0.29) is 47.4 Å². The predicted molar refractivity (Wildman–Crippen MR) is 247 cm³/mol. The Morgan fingerprint density at radius 2 is 0.843 bits per heavy atom. The first-order chi connectivity index (χ1) is 33.4. The lowest BCUT2D eigenvalue weighted by Gasteiger charge is -2.22. The Balaban J connectivity index is 0.000000174. The highest BCUT2D eigenvalue weighted by Gasteiger charge is 2.45. The van der Waals surface area contributed by atoms with Crippen molar-refractivity contribution in [1.29, 1.82) is 0 Å². The van der Waals surface area contributed by atoms with Crippen molar-refractivity contribution < 1.29 is 54.6 Å². The van der Waals surface area contributed by atoms with Gasteiger partial charge < -0.3 is 39.8 Å². The van der Waals surface area contributed by atoms with Gasteiger partial charge in [-0.05, 0) is 87.5 Å². The molecule has 0 fully saturated rings. The van der Waals surface area contributed by atoms with Crippen LogP contribution < -0.4 is 11.5 Å². The number of benzene rings is 4. The fourth-order valence-corrected chi connectivity index (χ4v) is 8.89. The number of aliphatic hydroxyl groups excluding tert-OH is 2. The third-order valence-corrected chi connectivity index (χ3v) is 12.9. The molecule has 2 aliphatic rings. The first kappa shape index (κ1) is 48.2. The molecule has 2 atom stereocenters. The van der Waals surface area contributed by atoms with Crippen LogP contribution in [0.1, 0.15) is 71.2 Å². The molecule has 4 aromatic carbocycles. The molecular weight excluding hydrogens is 919 g/mol. The molecule has 0 unspecified atom stereocenters. The van der Waals surface area contributed by atoms with Crippen LogP contribution in [-0.4, -0.2) is 55.1 Å². The number of nitrogens with two attached hydrogens (primary N) is 2. The van der Waals surface area contributed by atoms with E-state index in [1.54, 1.807) is 50.2 Å². The van der Waals surface area contributed by atoms with Gasteiger partial charge in [0.15, 0.2) is 34.4 Å². The first-order valence-electron chi connectivity index (χ1n) is 22.6. The largest absolute Gasteiger partial charge is 0.422 e. The molecule has 364 valence electrons. The molecule has 2 aliphatic carbocycles. The highest BCUT2D eigenvalue weighted by Crippen LogP contribution is 2.48. The summed E-state index contributed by atoms with van der Waals surface area (Å²) < 4.78 is 106. The Morgan fingerprint density at radius 3 is 1.20 bits per heavy atom. The Morgan fingerprint density at radius 1 is 0.486 bits per heavy atom. The minimum Gasteiger partial charge on any atom is -0.394 e. The predicted octanol–water partition coefficient (Wildman–Crippen LogP) is 10.8. The van der Waals surface area contributed by atoms with E-state index in [0.29, 0.717) is 73.9 Å². The zero-order valence-electron chi connectivity index (χ0n) is 38.0. The minimum absolute atomic E-state index is 0.0187. The Hall–Kier alpha value is -6.86. The zero-order chi connectivity index (χ0) is 49.6. The average molecular weight is 967 g/mol. The summed E-state index contributed by atoms with van der Waals surface area (Å²) in [6.07, 6.45) is -4.59. The zero-order valence-corrected chi connectivity index (χ0v) is 38.0. The quantitative estimate of drug-likeness (QED) is 0.0847. The summed E-state index contributed by atoms with van der Waals surface area (Å²) in [6.45, 7) is 3.40. The van der Waals surface area contributed by atoms with Crippen molar-refractivity contribution >= 4 is 0 Å². The van der Waals surface area contributed by atoms with Gasteiger partial charge in [-0.3, -0.25) is 0 Å². The van der Waals surface area contributed by atoms with Crippen molar-refractivity contribution in [3.63, 3.8) is 0 Å². The molecule has 4 aromatic heterocycles. The summed E-state index contributed by atoms with van der Waals surface area (Å²) >= 11 is 0. The number of aryl methyl sites for hydroxylation is 4. The van der Waals surface area contributed by atoms with Crippen LogP contribution in [0.2, 0.25) is 0 Å². The molecular formula is C52H48F6N6O6. The number of halogens is 6. The number of hydrogen-bond donors (Lipinski definition) is 4. The van der Waals surface area contributed by atoms with Gasteiger partial charge >= 0.3 is 12.4 Å². The highest BCUT2D eigenvalue weighted by molar-refractivity contribution is 5.81. The number of fused-ring (bicyclic) bond motifs is 6. The first-order valence-corrected chi connectivity index (χ1v) is 22.6. The second kappa shape index (κ2) is 18.8. The van der Waals surface area contributed by atoms with Crippen molar-refractivity contribution in [3.8, 4) is 68.1 Å². The maximum atomic E-state index is 14.1. The molecule has 0 saturated heterocycles. The smallest absolute Gasteiger partial charge is 0.394 e. The van der Waals surface area contributed by atoms with Crippen LogP contribution >= 0.6 is 0 Å². The fraction of sp³-hybridized carbons (Fsp3) is 0.308. The Bertz CT molecular complexity index is 2920. The number of hydrogen-bond acceptors (Lipinski definition) is 12. The number of rotatable bonds is 12. The molecule has 0 saturated carbocycles. The number of aromatic nitrogens is 4. The van der Waals surface area contributed by atoms with E-state index in [2.05, 4.69) is 32.8 Å². The molecule has 12 nitrogen and oxygen atoms in total. The van der Waals surface area contributed by atoms with E-state index in [1.807, 2.05) is 24.3 Å². The maximum absolute atomic E-state index is 14.1. The van der Waals surface area contributed by atoms with E-state index < -0.39 is 45.9 Å². The lowest BCUT2D eigenvalue weighted by atomic mass is 9.86. The van der Waals surface area contributed by atoms with Crippen LogP contribution in [0.15, 0.2) is 115 Å². The summed E-state index contributed by atoms with van der Waals surface area (Å²) in [4.78, 5) is 0. The van der Waals surface area contributed by atoms with Crippen LogP contribution in [0.25, 0.3) is 68.1 Å². The lowest BCUT2D eigenvalue weighted by molar-refractivity contribution is -0.137. The van der Waals surface area contributed by atoms with E-state index in [9.17, 15) is 36.6 Å². The second-order valence-electron chi connectivity index (χ2n) is 18.5. The number of nitrogens with zero attached hydrogens (tertiary/aromatic N) is 4. The molecule has 8 aromatic rings. The maximum Gasteiger partial charge on any atom is 0.422 e. The van der Waals surface area contributed by atoms with Crippen molar-refractivity contribution in [3.05, 3.63) is 142 Å². The van der Waals surface area contributed by atoms with E-state index in [1.165, 1.54) is 24.3 Å². The van der Waals surface area contributed by atoms with Crippen LogP contribution in [0.5, 0.6) is 0 Å². The molecule has 4 heterocycles. The number of alkyl halides is 6. The minimum atomic E-state index is -4.70. The van der Waals surface area contributed by atoms with Crippen molar-refractivity contribution in [2.24, 2.45) is 11.5 Å². The Kier molecular flexibility index (Phi) is 12.9. The molecule has 0 radical (unpaired) electrons. The van der Waals surface area contributed by atoms with Gasteiger partial charge in [0.1, 0.15) is 22.5 Å². The summed E-state index contributed by atoms with van der Waals surface area (Å²) in [5.74, 6) is -0.743.